The summed E-state index contributed by atoms with van der Waals surface area (Å²) in [5.74, 6) is 1.18. The minimum atomic E-state index is -0.437. The highest BCUT2D eigenvalue weighted by atomic mass is 16.5. The number of aldehydes is 1. The molecule has 2 aromatic carbocycles. The van der Waals surface area contributed by atoms with E-state index in [0.29, 0.717) is 28.8 Å². The molecule has 7 nitrogen and oxygen atoms in total. The fourth-order valence-electron chi connectivity index (χ4n) is 4.70. The van der Waals surface area contributed by atoms with E-state index in [1.165, 1.54) is 19.8 Å². The number of fused-ring (bicyclic) bond motifs is 1. The monoisotopic (exact) mass is 434 g/mol. The van der Waals surface area contributed by atoms with Crippen LogP contribution in [-0.2, 0) is 4.79 Å². The third kappa shape index (κ3) is 4.54. The molecule has 7 heteroatoms. The van der Waals surface area contributed by atoms with E-state index in [2.05, 4.69) is 30.3 Å². The van der Waals surface area contributed by atoms with E-state index in [4.69, 9.17) is 15.3 Å². The minimum Gasteiger partial charge on any atom is -0.497 e. The summed E-state index contributed by atoms with van der Waals surface area (Å²) in [6.07, 6.45) is 3.24. The van der Waals surface area contributed by atoms with Gasteiger partial charge in [0.05, 0.1) is 24.4 Å². The molecule has 0 saturated heterocycles. The zero-order chi connectivity index (χ0) is 23.4. The summed E-state index contributed by atoms with van der Waals surface area (Å²) in [4.78, 5) is 23.0. The number of nitriles is 1. The lowest BCUT2D eigenvalue weighted by Gasteiger charge is -2.46. The Hall–Kier alpha value is -3.53. The molecule has 1 aliphatic heterocycles. The fourth-order valence-corrected chi connectivity index (χ4v) is 4.70. The molecule has 3 atom stereocenters. The fraction of sp³-hybridized carbons (Fsp3) is 0.400. The van der Waals surface area contributed by atoms with Crippen molar-refractivity contribution in [1.82, 2.24) is 0 Å². The summed E-state index contributed by atoms with van der Waals surface area (Å²) in [5, 5.41) is 13.2. The molecule has 1 aliphatic carbocycles. The van der Waals surface area contributed by atoms with Crippen LogP contribution in [0.4, 0.5) is 11.4 Å². The smallest absolute Gasteiger partial charge is 0.248 e. The molecule has 1 heterocycles. The van der Waals surface area contributed by atoms with Gasteiger partial charge in [0.2, 0.25) is 5.91 Å². The molecule has 1 amide bonds. The number of anilines is 2. The molecule has 3 N–H and O–H groups in total. The highest BCUT2D eigenvalue weighted by molar-refractivity contribution is 5.93. The summed E-state index contributed by atoms with van der Waals surface area (Å²) in [7, 11) is 3.72. The predicted octanol–water partition coefficient (Wildman–Crippen LogP) is 3.89. The standard InChI is InChI=1S/C23H26N4O2.C2H4O/c1-13-21(26-19-8-7-17(29-3)10-16(19)12-24)18-11-15(23(25)28)6-9-20(18)27(2)22(13)14-4-5-14;1-2-3/h6-11,13-14,21-22,26H,4-5H2,1-3H3,(H2,25,28);2H,1H3/t13?,21-,22-;/m1./s1. The third-order valence-electron chi connectivity index (χ3n) is 6.30. The van der Waals surface area contributed by atoms with E-state index in [9.17, 15) is 10.1 Å². The summed E-state index contributed by atoms with van der Waals surface area (Å²) in [6, 6.07) is 13.8. The molecule has 0 radical (unpaired) electrons. The number of benzene rings is 2. The number of ether oxygens (including phenoxy) is 1. The van der Waals surface area contributed by atoms with Gasteiger partial charge in [0.15, 0.2) is 0 Å². The van der Waals surface area contributed by atoms with Crippen molar-refractivity contribution in [3.8, 4) is 11.8 Å². The van der Waals surface area contributed by atoms with E-state index >= 15 is 0 Å². The molecule has 1 unspecified atom stereocenters. The second kappa shape index (κ2) is 9.73. The maximum Gasteiger partial charge on any atom is 0.248 e. The zero-order valence-electron chi connectivity index (χ0n) is 19.0. The van der Waals surface area contributed by atoms with Crippen molar-refractivity contribution in [3.05, 3.63) is 53.1 Å². The van der Waals surface area contributed by atoms with Crippen molar-refractivity contribution in [2.24, 2.45) is 17.6 Å². The van der Waals surface area contributed by atoms with Crippen LogP contribution in [-0.4, -0.2) is 32.4 Å². The lowest BCUT2D eigenvalue weighted by Crippen LogP contribution is -2.47. The number of nitrogens with two attached hydrogens (primary N) is 1. The quantitative estimate of drug-likeness (QED) is 0.691. The van der Waals surface area contributed by atoms with Gasteiger partial charge in [-0.2, -0.15) is 5.26 Å². The van der Waals surface area contributed by atoms with Crippen molar-refractivity contribution in [3.63, 3.8) is 0 Å². The van der Waals surface area contributed by atoms with Crippen molar-refractivity contribution in [2.45, 2.75) is 38.8 Å². The Morgan fingerprint density at radius 2 is 1.97 bits per heavy atom. The van der Waals surface area contributed by atoms with Crippen molar-refractivity contribution < 1.29 is 14.3 Å². The van der Waals surface area contributed by atoms with Gasteiger partial charge in [-0.25, -0.2) is 0 Å². The number of carbonyl (C=O) groups excluding carboxylic acids is 2. The Morgan fingerprint density at radius 3 is 2.53 bits per heavy atom. The van der Waals surface area contributed by atoms with Gasteiger partial charge >= 0.3 is 0 Å². The highest BCUT2D eigenvalue weighted by Crippen LogP contribution is 2.49. The minimum absolute atomic E-state index is 0.0356. The number of methoxy groups -OCH3 is 1. The van der Waals surface area contributed by atoms with E-state index in [1.54, 1.807) is 19.2 Å². The Kier molecular flexibility index (Phi) is 7.04. The molecule has 4 rings (SSSR count). The number of nitrogens with one attached hydrogen (secondary N) is 1. The van der Waals surface area contributed by atoms with Crippen LogP contribution in [0.5, 0.6) is 5.75 Å². The van der Waals surface area contributed by atoms with Gasteiger partial charge in [-0.15, -0.1) is 0 Å². The third-order valence-corrected chi connectivity index (χ3v) is 6.30. The number of hydrogen-bond acceptors (Lipinski definition) is 6. The summed E-state index contributed by atoms with van der Waals surface area (Å²) >= 11 is 0. The lowest BCUT2D eigenvalue weighted by atomic mass is 9.79. The number of nitrogens with zero attached hydrogens (tertiary/aromatic N) is 2. The lowest BCUT2D eigenvalue weighted by molar-refractivity contribution is -0.106. The van der Waals surface area contributed by atoms with Gasteiger partial charge in [-0.1, -0.05) is 6.92 Å². The van der Waals surface area contributed by atoms with Gasteiger partial charge in [0, 0.05) is 30.3 Å². The first-order chi connectivity index (χ1) is 15.4. The summed E-state index contributed by atoms with van der Waals surface area (Å²) in [6.45, 7) is 3.69. The van der Waals surface area contributed by atoms with Gasteiger partial charge in [-0.3, -0.25) is 4.79 Å². The van der Waals surface area contributed by atoms with Gasteiger partial charge in [0.1, 0.15) is 18.1 Å². The predicted molar refractivity (Wildman–Crippen MR) is 125 cm³/mol. The molecule has 1 saturated carbocycles. The molecule has 2 aromatic rings. The summed E-state index contributed by atoms with van der Waals surface area (Å²) in [5.41, 5.74) is 9.48. The summed E-state index contributed by atoms with van der Waals surface area (Å²) < 4.78 is 5.26. The molecule has 168 valence electrons. The van der Waals surface area contributed by atoms with Gasteiger partial charge in [-0.05, 0) is 67.6 Å². The van der Waals surface area contributed by atoms with Crippen molar-refractivity contribution in [1.29, 1.82) is 5.26 Å². The Balaban J connectivity index is 0.000000913. The molecule has 2 aliphatic rings. The number of primary amides is 1. The van der Waals surface area contributed by atoms with E-state index in [-0.39, 0.29) is 12.0 Å². The zero-order valence-corrected chi connectivity index (χ0v) is 19.0. The largest absolute Gasteiger partial charge is 0.497 e. The van der Waals surface area contributed by atoms with Gasteiger partial charge in [0.25, 0.3) is 0 Å². The molecule has 0 aromatic heterocycles. The van der Waals surface area contributed by atoms with Gasteiger partial charge < -0.3 is 25.5 Å². The van der Waals surface area contributed by atoms with Crippen LogP contribution < -0.4 is 20.7 Å². The second-order valence-electron chi connectivity index (χ2n) is 8.32. The van der Waals surface area contributed by atoms with Crippen LogP contribution in [0.1, 0.15) is 54.2 Å². The van der Waals surface area contributed by atoms with E-state index in [1.807, 2.05) is 24.3 Å². The molecular weight excluding hydrogens is 404 g/mol. The number of rotatable bonds is 5. The first kappa shape index (κ1) is 23.1. The average Bonchev–Trinajstić information content (AvgIpc) is 3.62. The molecular formula is C25H30N4O3. The number of hydrogen-bond donors (Lipinski definition) is 2. The van der Waals surface area contributed by atoms with Crippen molar-refractivity contribution in [2.75, 3.05) is 24.4 Å². The number of amides is 1. The molecule has 1 fully saturated rings. The Morgan fingerprint density at radius 1 is 1.28 bits per heavy atom. The second-order valence-corrected chi connectivity index (χ2v) is 8.32. The normalized spacial score (nSPS) is 21.3. The molecule has 0 spiro atoms. The Bertz CT molecular complexity index is 1040. The van der Waals surface area contributed by atoms with Crippen LogP contribution in [0.25, 0.3) is 0 Å². The average molecular weight is 435 g/mol. The first-order valence-corrected chi connectivity index (χ1v) is 10.8. The highest BCUT2D eigenvalue weighted by Gasteiger charge is 2.45. The maximum atomic E-state index is 11.8. The van der Waals surface area contributed by atoms with E-state index < -0.39 is 5.91 Å². The van der Waals surface area contributed by atoms with E-state index in [0.717, 1.165) is 23.2 Å². The topological polar surface area (TPSA) is 108 Å². The SMILES string of the molecule is CC=O.COc1ccc(N[C@H]2c3cc(C(N)=O)ccc3N(C)[C@@H](C3CC3)C2C)c(C#N)c1. The Labute approximate surface area is 189 Å². The number of carbonyl (C=O) groups is 2. The van der Waals surface area contributed by atoms with Crippen molar-refractivity contribution >= 4 is 23.6 Å². The van der Waals surface area contributed by atoms with Crippen LogP contribution in [0.15, 0.2) is 36.4 Å². The van der Waals surface area contributed by atoms with Crippen LogP contribution >= 0.6 is 0 Å². The molecule has 0 bridgehead atoms. The first-order valence-electron chi connectivity index (χ1n) is 10.8. The van der Waals surface area contributed by atoms with Crippen LogP contribution in [0.3, 0.4) is 0 Å². The van der Waals surface area contributed by atoms with Crippen LogP contribution in [0.2, 0.25) is 0 Å². The molecule has 32 heavy (non-hydrogen) atoms. The maximum absolute atomic E-state index is 11.8. The van der Waals surface area contributed by atoms with Crippen LogP contribution in [0, 0.1) is 23.2 Å².